The zero-order valence-corrected chi connectivity index (χ0v) is 38.9. The number of hydrogen-bond donors (Lipinski definition) is 0. The first-order chi connectivity index (χ1) is 23.2. The van der Waals surface area contributed by atoms with Crippen molar-refractivity contribution in [3.63, 3.8) is 0 Å². The van der Waals surface area contributed by atoms with Gasteiger partial charge in [-0.15, -0.1) is 0 Å². The van der Waals surface area contributed by atoms with Crippen LogP contribution in [-0.2, 0) is 32.5 Å². The Hall–Kier alpha value is -1.81. The second-order valence-electron chi connectivity index (χ2n) is 22.9. The fourth-order valence-electron chi connectivity index (χ4n) is 7.92. The Morgan fingerprint density at radius 2 is 0.731 bits per heavy atom. The average Bonchev–Trinajstić information content (AvgIpc) is 2.92. The van der Waals surface area contributed by atoms with Gasteiger partial charge in [-0.2, -0.15) is 0 Å². The standard InChI is InChI=1S/C49H74OP2/c1-43(2,3)32-27-34(45(7,8)9)38(35(28-32)46(10,11)12)41-51(40(50)31-25-23-22-24-26-31)42(52(41)49(19,20)21)39-36(47(13,14)15)29-33(44(4,5)6)30-37(39)48(16,17)18/h22-30,41-42H,1-21H3. The van der Waals surface area contributed by atoms with Gasteiger partial charge in [0.2, 0.25) is 0 Å². The Labute approximate surface area is 323 Å². The summed E-state index contributed by atoms with van der Waals surface area (Å²) in [4.78, 5) is 15.6. The minimum absolute atomic E-state index is 0.0120. The molecule has 1 saturated heterocycles. The van der Waals surface area contributed by atoms with Crippen LogP contribution in [0.4, 0.5) is 0 Å². The van der Waals surface area contributed by atoms with Gasteiger partial charge in [0.1, 0.15) is 0 Å². The highest BCUT2D eigenvalue weighted by atomic mass is 31.2. The van der Waals surface area contributed by atoms with E-state index in [0.29, 0.717) is 5.52 Å². The molecule has 1 nitrogen and oxygen atoms in total. The second kappa shape index (κ2) is 13.7. The van der Waals surface area contributed by atoms with Crippen molar-refractivity contribution in [2.24, 2.45) is 0 Å². The van der Waals surface area contributed by atoms with Gasteiger partial charge >= 0.3 is 0 Å². The molecule has 2 unspecified atom stereocenters. The van der Waals surface area contributed by atoms with Crippen molar-refractivity contribution in [1.82, 2.24) is 0 Å². The Morgan fingerprint density at radius 1 is 0.442 bits per heavy atom. The molecule has 0 spiro atoms. The maximum absolute atomic E-state index is 15.6. The van der Waals surface area contributed by atoms with Crippen LogP contribution in [0.3, 0.4) is 0 Å². The van der Waals surface area contributed by atoms with Gasteiger partial charge < -0.3 is 0 Å². The third-order valence-corrected chi connectivity index (χ3v) is 19.3. The van der Waals surface area contributed by atoms with Gasteiger partial charge in [-0.3, -0.25) is 4.79 Å². The summed E-state index contributed by atoms with van der Waals surface area (Å²) in [5.74, 6) is 0. The molecule has 2 atom stereocenters. The van der Waals surface area contributed by atoms with E-state index in [-0.39, 0.29) is 48.4 Å². The molecule has 1 heterocycles. The van der Waals surface area contributed by atoms with Crippen LogP contribution in [0, 0.1) is 0 Å². The fourth-order valence-corrected chi connectivity index (χ4v) is 18.5. The largest absolute Gasteiger partial charge is 0.289 e. The van der Waals surface area contributed by atoms with Crippen molar-refractivity contribution in [2.75, 3.05) is 0 Å². The van der Waals surface area contributed by atoms with Gasteiger partial charge in [0.15, 0.2) is 5.52 Å². The summed E-state index contributed by atoms with van der Waals surface area (Å²) in [6, 6.07) is 20.4. The van der Waals surface area contributed by atoms with E-state index in [1.54, 1.807) is 0 Å². The van der Waals surface area contributed by atoms with Gasteiger partial charge in [0.25, 0.3) is 0 Å². The molecule has 0 aromatic heterocycles. The molecule has 3 heteroatoms. The lowest BCUT2D eigenvalue weighted by atomic mass is 9.72. The number of carbonyl (C=O) groups is 1. The van der Waals surface area contributed by atoms with Gasteiger partial charge in [-0.05, 0) is 90.1 Å². The molecule has 1 fully saturated rings. The lowest BCUT2D eigenvalue weighted by molar-refractivity contribution is 0.108. The van der Waals surface area contributed by atoms with Crippen LogP contribution in [0.1, 0.15) is 211 Å². The smallest absolute Gasteiger partial charge is 0.186 e. The van der Waals surface area contributed by atoms with Crippen molar-refractivity contribution in [1.29, 1.82) is 0 Å². The van der Waals surface area contributed by atoms with Crippen LogP contribution in [0.15, 0.2) is 54.6 Å². The molecule has 0 bridgehead atoms. The molecule has 1 aliphatic heterocycles. The number of rotatable bonds is 4. The fraction of sp³-hybridized carbons (Fsp3) is 0.612. The minimum Gasteiger partial charge on any atom is -0.289 e. The van der Waals surface area contributed by atoms with Crippen molar-refractivity contribution in [3.8, 4) is 0 Å². The zero-order valence-electron chi connectivity index (χ0n) is 37.2. The normalized spacial score (nSPS) is 20.9. The Morgan fingerprint density at radius 3 is 0.962 bits per heavy atom. The van der Waals surface area contributed by atoms with Crippen LogP contribution in [0.25, 0.3) is 0 Å². The van der Waals surface area contributed by atoms with E-state index in [9.17, 15) is 0 Å². The summed E-state index contributed by atoms with van der Waals surface area (Å²) in [6.07, 6.45) is 0. The molecule has 286 valence electrons. The van der Waals surface area contributed by atoms with E-state index in [1.165, 1.54) is 44.5 Å². The highest BCUT2D eigenvalue weighted by molar-refractivity contribution is 8.00. The van der Waals surface area contributed by atoms with E-state index in [1.807, 2.05) is 6.07 Å². The predicted molar refractivity (Wildman–Crippen MR) is 235 cm³/mol. The van der Waals surface area contributed by atoms with E-state index in [2.05, 4.69) is 194 Å². The molecule has 4 rings (SSSR count). The van der Waals surface area contributed by atoms with E-state index in [0.717, 1.165) is 5.56 Å². The van der Waals surface area contributed by atoms with E-state index in [4.69, 9.17) is 0 Å². The highest BCUT2D eigenvalue weighted by Crippen LogP contribution is 2.98. The maximum atomic E-state index is 15.6. The van der Waals surface area contributed by atoms with Crippen LogP contribution in [0.2, 0.25) is 0 Å². The first-order valence-electron chi connectivity index (χ1n) is 19.7. The molecule has 3 aromatic carbocycles. The molecule has 0 N–H and O–H groups in total. The quantitative estimate of drug-likeness (QED) is 0.243. The summed E-state index contributed by atoms with van der Waals surface area (Å²) in [6.45, 7) is 50.2. The monoisotopic (exact) mass is 741 g/mol. The van der Waals surface area contributed by atoms with Crippen molar-refractivity contribution in [2.45, 2.75) is 194 Å². The summed E-state index contributed by atoms with van der Waals surface area (Å²) in [7, 11) is -1.86. The SMILES string of the molecule is CC(C)(C)c1cc(C(C)(C)C)c(C2P(C(=O)c3ccccc3)C(c3c(C(C)(C)C)cc(C(C)(C)C)cc3C(C)(C)C)P2C(C)(C)C)c(C(C)(C)C)c1. The van der Waals surface area contributed by atoms with Crippen molar-refractivity contribution in [3.05, 3.63) is 105 Å². The Balaban J connectivity index is 2.28. The number of hydrogen-bond acceptors (Lipinski definition) is 1. The summed E-state index contributed by atoms with van der Waals surface area (Å²) >= 11 is 0. The highest BCUT2D eigenvalue weighted by Gasteiger charge is 2.61. The molecular weight excluding hydrogens is 666 g/mol. The molecule has 1 aliphatic rings. The molecule has 0 radical (unpaired) electrons. The molecular formula is C49H74OP2. The Bertz CT molecular complexity index is 1610. The predicted octanol–water partition coefficient (Wildman–Crippen LogP) is 15.8. The van der Waals surface area contributed by atoms with Gasteiger partial charge in [0.05, 0.1) is 0 Å². The lowest BCUT2D eigenvalue weighted by Crippen LogP contribution is -2.36. The molecule has 0 amide bonds. The first-order valence-corrected chi connectivity index (χ1v) is 22.7. The molecule has 3 aromatic rings. The van der Waals surface area contributed by atoms with Crippen molar-refractivity contribution >= 4 is 21.4 Å². The van der Waals surface area contributed by atoms with Crippen LogP contribution >= 0.6 is 15.8 Å². The third-order valence-electron chi connectivity index (χ3n) is 10.9. The molecule has 0 saturated carbocycles. The first kappa shape index (κ1) is 42.9. The topological polar surface area (TPSA) is 17.1 Å². The van der Waals surface area contributed by atoms with Gasteiger partial charge in [0, 0.05) is 16.4 Å². The summed E-state index contributed by atoms with van der Waals surface area (Å²) in [5, 5.41) is 0.409. The van der Waals surface area contributed by atoms with Crippen LogP contribution in [-0.4, -0.2) is 10.7 Å². The summed E-state index contributed by atoms with van der Waals surface area (Å²) in [5.41, 5.74) is 12.4. The average molecular weight is 741 g/mol. The summed E-state index contributed by atoms with van der Waals surface area (Å²) < 4.78 is 0. The molecule has 52 heavy (non-hydrogen) atoms. The molecule has 0 aliphatic carbocycles. The lowest BCUT2D eigenvalue weighted by Gasteiger charge is -2.60. The van der Waals surface area contributed by atoms with E-state index < -0.39 is 15.8 Å². The number of benzene rings is 3. The van der Waals surface area contributed by atoms with Crippen LogP contribution < -0.4 is 0 Å². The second-order valence-corrected chi connectivity index (χ2v) is 29.1. The number of carbonyl (C=O) groups excluding carboxylic acids is 1. The van der Waals surface area contributed by atoms with Crippen molar-refractivity contribution < 1.29 is 4.79 Å². The van der Waals surface area contributed by atoms with Crippen LogP contribution in [0.5, 0.6) is 0 Å². The Kier molecular flexibility index (Phi) is 11.3. The third kappa shape index (κ3) is 8.53. The maximum Gasteiger partial charge on any atom is 0.186 e. The minimum atomic E-state index is -1.16. The van der Waals surface area contributed by atoms with Gasteiger partial charge in [-0.1, -0.05) is 208 Å². The van der Waals surface area contributed by atoms with E-state index >= 15 is 4.79 Å². The van der Waals surface area contributed by atoms with Gasteiger partial charge in [-0.25, -0.2) is 0 Å². The zero-order chi connectivity index (χ0) is 39.9.